The van der Waals surface area contributed by atoms with Crippen LogP contribution < -0.4 is 5.32 Å². The van der Waals surface area contributed by atoms with E-state index in [1.54, 1.807) is 0 Å². The summed E-state index contributed by atoms with van der Waals surface area (Å²) in [6.07, 6.45) is 5.59. The van der Waals surface area contributed by atoms with E-state index in [9.17, 15) is 0 Å². The predicted octanol–water partition coefficient (Wildman–Crippen LogP) is 4.90. The maximum absolute atomic E-state index is 6.19. The molecule has 0 amide bonds. The number of aromatic nitrogens is 1. The van der Waals surface area contributed by atoms with Crippen LogP contribution in [0.3, 0.4) is 0 Å². The molecule has 2 aromatic rings. The number of nitrogens with zero attached hydrogens (tertiary/aromatic N) is 2. The number of benzene rings is 1. The monoisotopic (exact) mass is 393 g/mol. The molecule has 2 heterocycles. The van der Waals surface area contributed by atoms with Gasteiger partial charge in [-0.25, -0.2) is 0 Å². The van der Waals surface area contributed by atoms with Gasteiger partial charge >= 0.3 is 0 Å². The Morgan fingerprint density at radius 2 is 2.08 bits per heavy atom. The Kier molecular flexibility index (Phi) is 8.86. The first-order chi connectivity index (χ1) is 12.2. The first-order valence-corrected chi connectivity index (χ1v) is 9.70. The first kappa shape index (κ1) is 21.2. The summed E-state index contributed by atoms with van der Waals surface area (Å²) in [5.74, 6) is 0.443. The molecule has 0 spiro atoms. The molecule has 2 atom stereocenters. The van der Waals surface area contributed by atoms with Gasteiger partial charge in [-0.1, -0.05) is 36.7 Å². The van der Waals surface area contributed by atoms with Crippen molar-refractivity contribution >= 4 is 24.0 Å². The molecule has 142 valence electrons. The van der Waals surface area contributed by atoms with Gasteiger partial charge in [0.2, 0.25) is 0 Å². The van der Waals surface area contributed by atoms with Crippen molar-refractivity contribution in [3.63, 3.8) is 0 Å². The van der Waals surface area contributed by atoms with Gasteiger partial charge < -0.3 is 5.32 Å². The quantitative estimate of drug-likeness (QED) is 0.755. The van der Waals surface area contributed by atoms with Crippen LogP contribution in [0, 0.1) is 0 Å². The van der Waals surface area contributed by atoms with Crippen molar-refractivity contribution in [2.45, 2.75) is 44.7 Å². The summed E-state index contributed by atoms with van der Waals surface area (Å²) in [7, 11) is 0. The second-order valence-electron chi connectivity index (χ2n) is 7.04. The smallest absolute Gasteiger partial charge is 0.0544 e. The molecule has 1 fully saturated rings. The number of pyridine rings is 1. The zero-order valence-corrected chi connectivity index (χ0v) is 17.0. The SMILES string of the molecule is CC(CN(Cc1ccccn1)C1CCCNCC1)c1cccc(Cl)c1.Cl. The average molecular weight is 394 g/mol. The van der Waals surface area contributed by atoms with E-state index in [0.717, 1.165) is 36.9 Å². The highest BCUT2D eigenvalue weighted by atomic mass is 35.5. The second-order valence-corrected chi connectivity index (χ2v) is 7.48. The van der Waals surface area contributed by atoms with Crippen LogP contribution in [-0.2, 0) is 6.54 Å². The fraction of sp³-hybridized carbons (Fsp3) is 0.476. The Morgan fingerprint density at radius 1 is 1.19 bits per heavy atom. The lowest BCUT2D eigenvalue weighted by molar-refractivity contribution is 0.162. The van der Waals surface area contributed by atoms with Gasteiger partial charge in [0.1, 0.15) is 0 Å². The summed E-state index contributed by atoms with van der Waals surface area (Å²) < 4.78 is 0. The van der Waals surface area contributed by atoms with Gasteiger partial charge in [0.05, 0.1) is 5.69 Å². The molecule has 1 aliphatic rings. The van der Waals surface area contributed by atoms with Crippen molar-refractivity contribution in [2.24, 2.45) is 0 Å². The van der Waals surface area contributed by atoms with Crippen LogP contribution in [0.25, 0.3) is 0 Å². The van der Waals surface area contributed by atoms with Crippen LogP contribution in [0.1, 0.15) is 43.4 Å². The van der Waals surface area contributed by atoms with E-state index in [4.69, 9.17) is 11.6 Å². The van der Waals surface area contributed by atoms with Gasteiger partial charge in [-0.05, 0) is 68.1 Å². The van der Waals surface area contributed by atoms with Crippen molar-refractivity contribution < 1.29 is 0 Å². The molecule has 3 nitrogen and oxygen atoms in total. The van der Waals surface area contributed by atoms with Crippen molar-refractivity contribution in [1.82, 2.24) is 15.2 Å². The average Bonchev–Trinajstić information content (AvgIpc) is 2.91. The van der Waals surface area contributed by atoms with Crippen molar-refractivity contribution in [2.75, 3.05) is 19.6 Å². The summed E-state index contributed by atoms with van der Waals surface area (Å²) >= 11 is 6.19. The summed E-state index contributed by atoms with van der Waals surface area (Å²) in [5.41, 5.74) is 2.46. The predicted molar refractivity (Wildman–Crippen MR) is 112 cm³/mol. The number of hydrogen-bond donors (Lipinski definition) is 1. The maximum atomic E-state index is 6.19. The lowest BCUT2D eigenvalue weighted by Crippen LogP contribution is -2.38. The molecule has 2 unspecified atom stereocenters. The minimum Gasteiger partial charge on any atom is -0.317 e. The second kappa shape index (κ2) is 10.9. The van der Waals surface area contributed by atoms with E-state index in [-0.39, 0.29) is 12.4 Å². The van der Waals surface area contributed by atoms with Crippen LogP contribution >= 0.6 is 24.0 Å². The third-order valence-electron chi connectivity index (χ3n) is 5.08. The molecule has 0 aliphatic carbocycles. The van der Waals surface area contributed by atoms with Gasteiger partial charge in [-0.15, -0.1) is 12.4 Å². The summed E-state index contributed by atoms with van der Waals surface area (Å²) in [6.45, 7) is 6.48. The molecule has 1 aromatic carbocycles. The van der Waals surface area contributed by atoms with E-state index in [0.29, 0.717) is 12.0 Å². The van der Waals surface area contributed by atoms with Crippen LogP contribution in [0.2, 0.25) is 5.02 Å². The third kappa shape index (κ3) is 6.24. The van der Waals surface area contributed by atoms with E-state index >= 15 is 0 Å². The molecule has 5 heteroatoms. The largest absolute Gasteiger partial charge is 0.317 e. The molecule has 1 aromatic heterocycles. The number of halogens is 2. The molecule has 0 bridgehead atoms. The van der Waals surface area contributed by atoms with Crippen LogP contribution in [0.15, 0.2) is 48.7 Å². The highest BCUT2D eigenvalue weighted by Crippen LogP contribution is 2.24. The Labute approximate surface area is 168 Å². The van der Waals surface area contributed by atoms with Gasteiger partial charge in [0, 0.05) is 30.4 Å². The van der Waals surface area contributed by atoms with Crippen molar-refractivity contribution in [3.05, 3.63) is 64.9 Å². The standard InChI is InChI=1S/C21H28ClN3.ClH/c1-17(18-6-4-7-19(22)14-18)15-25(16-20-8-2-3-12-24-20)21-9-5-11-23-13-10-21;/h2-4,6-8,12,14,17,21,23H,5,9-11,13,15-16H2,1H3;1H. The Hall–Kier alpha value is -1.13. The highest BCUT2D eigenvalue weighted by Gasteiger charge is 2.23. The van der Waals surface area contributed by atoms with Crippen molar-refractivity contribution in [3.8, 4) is 0 Å². The Bertz CT molecular complexity index is 643. The Morgan fingerprint density at radius 3 is 2.85 bits per heavy atom. The number of hydrogen-bond acceptors (Lipinski definition) is 3. The van der Waals surface area contributed by atoms with E-state index in [1.807, 2.05) is 24.4 Å². The first-order valence-electron chi connectivity index (χ1n) is 9.32. The minimum absolute atomic E-state index is 0. The van der Waals surface area contributed by atoms with Gasteiger partial charge in [0.25, 0.3) is 0 Å². The minimum atomic E-state index is 0. The van der Waals surface area contributed by atoms with Gasteiger partial charge in [0.15, 0.2) is 0 Å². The molecule has 3 rings (SSSR count). The third-order valence-corrected chi connectivity index (χ3v) is 5.31. The fourth-order valence-corrected chi connectivity index (χ4v) is 3.88. The molecule has 26 heavy (non-hydrogen) atoms. The molecular formula is C21H29Cl2N3. The zero-order valence-electron chi connectivity index (χ0n) is 15.4. The molecule has 0 radical (unpaired) electrons. The van der Waals surface area contributed by atoms with E-state index in [1.165, 1.54) is 24.8 Å². The fourth-order valence-electron chi connectivity index (χ4n) is 3.68. The van der Waals surface area contributed by atoms with Crippen molar-refractivity contribution in [1.29, 1.82) is 0 Å². The summed E-state index contributed by atoms with van der Waals surface area (Å²) in [6, 6.07) is 15.1. The number of nitrogens with one attached hydrogen (secondary N) is 1. The topological polar surface area (TPSA) is 28.2 Å². The molecule has 1 saturated heterocycles. The normalized spacial score (nSPS) is 18.8. The highest BCUT2D eigenvalue weighted by molar-refractivity contribution is 6.30. The van der Waals surface area contributed by atoms with Gasteiger partial charge in [-0.3, -0.25) is 9.88 Å². The van der Waals surface area contributed by atoms with Gasteiger partial charge in [-0.2, -0.15) is 0 Å². The number of rotatable bonds is 6. The van der Waals surface area contributed by atoms with Crippen LogP contribution in [-0.4, -0.2) is 35.6 Å². The zero-order chi connectivity index (χ0) is 17.5. The maximum Gasteiger partial charge on any atom is 0.0544 e. The molecule has 1 N–H and O–H groups in total. The lowest BCUT2D eigenvalue weighted by Gasteiger charge is -2.33. The summed E-state index contributed by atoms with van der Waals surface area (Å²) in [5, 5.41) is 4.35. The molecule has 0 saturated carbocycles. The van der Waals surface area contributed by atoms with E-state index < -0.39 is 0 Å². The summed E-state index contributed by atoms with van der Waals surface area (Å²) in [4.78, 5) is 7.18. The molecule has 1 aliphatic heterocycles. The van der Waals surface area contributed by atoms with Crippen LogP contribution in [0.4, 0.5) is 0 Å². The van der Waals surface area contributed by atoms with E-state index in [2.05, 4.69) is 46.4 Å². The lowest BCUT2D eigenvalue weighted by atomic mass is 9.98. The Balaban J connectivity index is 0.00000243. The molecular weight excluding hydrogens is 365 g/mol. The van der Waals surface area contributed by atoms with Crippen LogP contribution in [0.5, 0.6) is 0 Å².